The van der Waals surface area contributed by atoms with Gasteiger partial charge in [-0.3, -0.25) is 19.2 Å². The number of unbranched alkanes of at least 4 members (excludes halogenated alkanes) is 1. The molecule has 11 heteroatoms. The Labute approximate surface area is 357 Å². The Balaban J connectivity index is 0.829. The number of amides is 3. The summed E-state index contributed by atoms with van der Waals surface area (Å²) in [4.78, 5) is 54.8. The lowest BCUT2D eigenvalue weighted by Gasteiger charge is -2.25. The minimum Gasteiger partial charge on any atom is -0.496 e. The van der Waals surface area contributed by atoms with E-state index in [0.29, 0.717) is 62.1 Å². The number of benzene rings is 4. The Morgan fingerprint density at radius 1 is 0.770 bits per heavy atom. The van der Waals surface area contributed by atoms with Crippen molar-refractivity contribution in [1.82, 2.24) is 4.90 Å². The van der Waals surface area contributed by atoms with Crippen molar-refractivity contribution in [3.05, 3.63) is 156 Å². The predicted molar refractivity (Wildman–Crippen MR) is 241 cm³/mol. The molecule has 0 saturated carbocycles. The van der Waals surface area contributed by atoms with Crippen LogP contribution in [0.25, 0.3) is 12.2 Å². The highest BCUT2D eigenvalue weighted by atomic mass is 16.5. The molecule has 0 radical (unpaired) electrons. The summed E-state index contributed by atoms with van der Waals surface area (Å²) in [5, 5.41) is 12.7. The molecule has 3 atom stereocenters. The number of nitrogens with zero attached hydrogens (tertiary/aromatic N) is 1. The first-order valence-electron chi connectivity index (χ1n) is 21.1. The van der Waals surface area contributed by atoms with Crippen molar-refractivity contribution in [2.45, 2.75) is 70.6 Å². The van der Waals surface area contributed by atoms with Gasteiger partial charge in [-0.1, -0.05) is 74.0 Å². The molecule has 2 aliphatic heterocycles. The smallest absolute Gasteiger partial charge is 0.256 e. The largest absolute Gasteiger partial charge is 0.496 e. The van der Waals surface area contributed by atoms with Crippen LogP contribution in [-0.2, 0) is 20.9 Å². The monoisotopic (exact) mass is 819 g/mol. The molecule has 314 valence electrons. The number of nitrogens with one attached hydrogen (secondary N) is 4. The maximum Gasteiger partial charge on any atom is 0.256 e. The Hall–Kier alpha value is -6.88. The van der Waals surface area contributed by atoms with E-state index in [-0.39, 0.29) is 35.5 Å². The molecule has 1 fully saturated rings. The van der Waals surface area contributed by atoms with E-state index in [0.717, 1.165) is 53.2 Å². The molecule has 4 aromatic carbocycles. The zero-order valence-corrected chi connectivity index (χ0v) is 34.5. The van der Waals surface area contributed by atoms with E-state index in [1.807, 2.05) is 128 Å². The first-order chi connectivity index (χ1) is 29.8. The molecular weight excluding hydrogens is 767 g/mol. The summed E-state index contributed by atoms with van der Waals surface area (Å²) in [5.41, 5.74) is 6.03. The summed E-state index contributed by atoms with van der Waals surface area (Å²) in [6.45, 7) is 3.51. The van der Waals surface area contributed by atoms with Crippen LogP contribution < -0.4 is 21.3 Å². The Morgan fingerprint density at radius 2 is 1.44 bits per heavy atom. The zero-order valence-electron chi connectivity index (χ0n) is 34.5. The quantitative estimate of drug-likeness (QED) is 0.0367. The van der Waals surface area contributed by atoms with E-state index in [2.05, 4.69) is 21.3 Å². The lowest BCUT2D eigenvalue weighted by molar-refractivity contribution is -0.120. The summed E-state index contributed by atoms with van der Waals surface area (Å²) in [5.74, 6) is 0.255. The molecule has 1 unspecified atom stereocenters. The number of hydrogen-bond donors (Lipinski definition) is 4. The second kappa shape index (κ2) is 20.9. The number of para-hydroxylation sites is 2. The third kappa shape index (κ3) is 11.7. The van der Waals surface area contributed by atoms with E-state index >= 15 is 0 Å². The molecule has 1 saturated heterocycles. The van der Waals surface area contributed by atoms with Crippen molar-refractivity contribution >= 4 is 58.4 Å². The number of Topliss-reactive ketones (excluding diaryl/α,β-unsaturated/α-hetero) is 1. The van der Waals surface area contributed by atoms with Gasteiger partial charge in [0, 0.05) is 53.6 Å². The number of ether oxygens (including phenoxy) is 1. The van der Waals surface area contributed by atoms with Gasteiger partial charge in [0.15, 0.2) is 5.78 Å². The number of rotatable bonds is 19. The molecule has 0 spiro atoms. The van der Waals surface area contributed by atoms with Crippen molar-refractivity contribution in [3.8, 4) is 0 Å². The highest BCUT2D eigenvalue weighted by molar-refractivity contribution is 6.04. The lowest BCUT2D eigenvalue weighted by atomic mass is 9.99. The second-order valence-corrected chi connectivity index (χ2v) is 15.6. The Morgan fingerprint density at radius 3 is 2.11 bits per heavy atom. The maximum absolute atomic E-state index is 13.7. The number of hydrogen-bond acceptors (Lipinski definition) is 8. The number of furan rings is 1. The summed E-state index contributed by atoms with van der Waals surface area (Å²) >= 11 is 0. The van der Waals surface area contributed by atoms with E-state index in [9.17, 15) is 19.2 Å². The fraction of sp³-hybridized carbons (Fsp3) is 0.280. The predicted octanol–water partition coefficient (Wildman–Crippen LogP) is 10.0. The van der Waals surface area contributed by atoms with Gasteiger partial charge in [0.2, 0.25) is 11.8 Å². The first kappa shape index (κ1) is 42.3. The molecule has 4 N–H and O–H groups in total. The molecule has 0 bridgehead atoms. The fourth-order valence-corrected chi connectivity index (χ4v) is 7.56. The van der Waals surface area contributed by atoms with Gasteiger partial charge in [-0.25, -0.2) is 0 Å². The van der Waals surface area contributed by atoms with Crippen LogP contribution in [0.4, 0.5) is 22.7 Å². The average Bonchev–Trinajstić information content (AvgIpc) is 4.11. The van der Waals surface area contributed by atoms with Crippen LogP contribution in [0.1, 0.15) is 89.5 Å². The van der Waals surface area contributed by atoms with Crippen LogP contribution in [0.3, 0.4) is 0 Å². The average molecular weight is 820 g/mol. The third-order valence-electron chi connectivity index (χ3n) is 11.1. The molecule has 0 aliphatic carbocycles. The maximum atomic E-state index is 13.7. The van der Waals surface area contributed by atoms with Gasteiger partial charge < -0.3 is 35.3 Å². The molecule has 3 amide bonds. The van der Waals surface area contributed by atoms with Crippen LogP contribution >= 0.6 is 0 Å². The van der Waals surface area contributed by atoms with Crippen LogP contribution in [0.5, 0.6) is 0 Å². The molecule has 1 aromatic heterocycles. The van der Waals surface area contributed by atoms with Gasteiger partial charge >= 0.3 is 0 Å². The van der Waals surface area contributed by atoms with Crippen molar-refractivity contribution in [1.29, 1.82) is 0 Å². The highest BCUT2D eigenvalue weighted by Crippen LogP contribution is 2.27. The minimum absolute atomic E-state index is 0.0323. The fourth-order valence-electron chi connectivity index (χ4n) is 7.56. The molecule has 7 rings (SSSR count). The Bertz CT molecular complexity index is 2310. The molecule has 5 aromatic rings. The molecular formula is C50H53N5O6. The standard InChI is InChI=1S/C50H53N5O6/c1-35(11-2-7-19-47(56)42-14-3-5-16-44(42)51-33-40-12-9-31-60-40)48(57)53-38-26-22-36(23-27-38)20-21-37-24-28-39(29-25-37)54-49(58)46-18-8-30-55(46)50(59)43-15-4-6-17-45(43)52-34-41-13-10-32-61-41/h3-6,9-10,12,14-17,20-29,31-32,35,41,46,51-52H,2,7-8,11,13,18-19,30,33-34H2,1H3,(H,53,57)(H,54,58)/b21-20+/t35-,41?,46-/m0/s1. The second-order valence-electron chi connectivity index (χ2n) is 15.6. The van der Waals surface area contributed by atoms with Gasteiger partial charge in [0.25, 0.3) is 5.91 Å². The van der Waals surface area contributed by atoms with Crippen LogP contribution in [0.2, 0.25) is 0 Å². The van der Waals surface area contributed by atoms with Gasteiger partial charge in [-0.2, -0.15) is 0 Å². The van der Waals surface area contributed by atoms with E-state index in [4.69, 9.17) is 9.15 Å². The van der Waals surface area contributed by atoms with E-state index in [1.165, 1.54) is 0 Å². The van der Waals surface area contributed by atoms with Gasteiger partial charge in [0.1, 0.15) is 17.9 Å². The van der Waals surface area contributed by atoms with Crippen molar-refractivity contribution in [2.75, 3.05) is 34.4 Å². The van der Waals surface area contributed by atoms with Crippen LogP contribution in [0.15, 0.2) is 132 Å². The number of likely N-dealkylation sites (tertiary alicyclic amines) is 1. The SMILES string of the molecule is C[C@@H](CCCCC(=O)c1ccccc1NCc1ccco1)C(=O)Nc1ccc(/C=C/c2ccc(NC(=O)[C@@H]3CCCN3C(=O)c3ccccc3NCC3CC=CO3)cc2)cc1. The van der Waals surface area contributed by atoms with Gasteiger partial charge in [0.05, 0.1) is 31.2 Å². The van der Waals surface area contributed by atoms with Crippen molar-refractivity contribution in [3.63, 3.8) is 0 Å². The molecule has 2 aliphatic rings. The number of carbonyl (C=O) groups excluding carboxylic acids is 4. The molecule has 61 heavy (non-hydrogen) atoms. The highest BCUT2D eigenvalue weighted by Gasteiger charge is 2.35. The van der Waals surface area contributed by atoms with Crippen molar-refractivity contribution < 1.29 is 28.3 Å². The summed E-state index contributed by atoms with van der Waals surface area (Å²) in [7, 11) is 0. The zero-order chi connectivity index (χ0) is 42.4. The summed E-state index contributed by atoms with van der Waals surface area (Å²) in [6, 6.07) is 33.3. The number of ketones is 1. The topological polar surface area (TPSA) is 142 Å². The molecule has 11 nitrogen and oxygen atoms in total. The summed E-state index contributed by atoms with van der Waals surface area (Å²) < 4.78 is 11.0. The Kier molecular flexibility index (Phi) is 14.5. The van der Waals surface area contributed by atoms with Gasteiger partial charge in [-0.05, 0) is 104 Å². The van der Waals surface area contributed by atoms with Crippen molar-refractivity contribution in [2.24, 2.45) is 5.92 Å². The number of carbonyl (C=O) groups is 4. The van der Waals surface area contributed by atoms with Gasteiger partial charge in [-0.15, -0.1) is 0 Å². The van der Waals surface area contributed by atoms with Crippen LogP contribution in [0, 0.1) is 5.92 Å². The van der Waals surface area contributed by atoms with E-state index in [1.54, 1.807) is 23.5 Å². The first-order valence-corrected chi connectivity index (χ1v) is 21.1. The lowest BCUT2D eigenvalue weighted by Crippen LogP contribution is -2.43. The minimum atomic E-state index is -0.558. The molecule has 3 heterocycles. The van der Waals surface area contributed by atoms with Crippen LogP contribution in [-0.4, -0.2) is 53.6 Å². The number of anilines is 4. The summed E-state index contributed by atoms with van der Waals surface area (Å²) in [6.07, 6.45) is 14.1. The van der Waals surface area contributed by atoms with E-state index < -0.39 is 6.04 Å². The third-order valence-corrected chi connectivity index (χ3v) is 11.1. The normalized spacial score (nSPS) is 16.2.